The number of hydrogen-bond donors (Lipinski definition) is 2. The lowest BCUT2D eigenvalue weighted by Gasteiger charge is -2.16. The molecule has 1 unspecified atom stereocenters. The number of hydrogen-bond acceptors (Lipinski definition) is 5. The van der Waals surface area contributed by atoms with Crippen LogP contribution in [0.15, 0.2) is 47.5 Å². The summed E-state index contributed by atoms with van der Waals surface area (Å²) in [6, 6.07) is 11.9. The molecule has 3 amide bonds. The van der Waals surface area contributed by atoms with Crippen LogP contribution in [0.25, 0.3) is 0 Å². The van der Waals surface area contributed by atoms with Crippen LogP contribution in [0.2, 0.25) is 5.02 Å². The molecule has 2 aliphatic rings. The molecule has 0 radical (unpaired) electrons. The monoisotopic (exact) mass is 470 g/mol. The maximum Gasteiger partial charge on any atom is 0.262 e. The molecule has 0 aromatic heterocycles. The Kier molecular flexibility index (Phi) is 6.81. The first-order valence-corrected chi connectivity index (χ1v) is 11.7. The molecule has 2 heterocycles. The third-order valence-corrected chi connectivity index (χ3v) is 7.05. The summed E-state index contributed by atoms with van der Waals surface area (Å²) >= 11 is 7.47. The lowest BCUT2D eigenvalue weighted by atomic mass is 10.1. The Morgan fingerprint density at radius 3 is 2.56 bits per heavy atom. The smallest absolute Gasteiger partial charge is 0.262 e. The molecule has 2 aromatic rings. The van der Waals surface area contributed by atoms with E-state index in [4.69, 9.17) is 11.6 Å². The predicted molar refractivity (Wildman–Crippen MR) is 128 cm³/mol. The van der Waals surface area contributed by atoms with Gasteiger partial charge in [-0.3, -0.25) is 14.4 Å². The van der Waals surface area contributed by atoms with Gasteiger partial charge in [0.1, 0.15) is 5.25 Å². The molecule has 7 nitrogen and oxygen atoms in total. The fourth-order valence-electron chi connectivity index (χ4n) is 3.58. The van der Waals surface area contributed by atoms with Crippen molar-refractivity contribution in [3.8, 4) is 0 Å². The van der Waals surface area contributed by atoms with E-state index in [1.807, 2.05) is 6.92 Å². The van der Waals surface area contributed by atoms with Crippen molar-refractivity contribution in [2.45, 2.75) is 31.4 Å². The third-order valence-electron chi connectivity index (χ3n) is 5.42. The van der Waals surface area contributed by atoms with E-state index in [9.17, 15) is 14.4 Å². The van der Waals surface area contributed by atoms with Crippen molar-refractivity contribution in [2.75, 3.05) is 23.7 Å². The van der Waals surface area contributed by atoms with Gasteiger partial charge in [-0.15, -0.1) is 0 Å². The molecule has 2 aromatic carbocycles. The highest BCUT2D eigenvalue weighted by atomic mass is 35.5. The van der Waals surface area contributed by atoms with Crippen LogP contribution < -0.4 is 10.6 Å². The number of benzene rings is 2. The van der Waals surface area contributed by atoms with Crippen LogP contribution in [-0.4, -0.2) is 46.1 Å². The number of nitrogens with zero attached hydrogens (tertiary/aromatic N) is 2. The van der Waals surface area contributed by atoms with Crippen LogP contribution in [0.3, 0.4) is 0 Å². The van der Waals surface area contributed by atoms with Gasteiger partial charge in [0.25, 0.3) is 11.8 Å². The van der Waals surface area contributed by atoms with Crippen molar-refractivity contribution < 1.29 is 14.4 Å². The van der Waals surface area contributed by atoms with Gasteiger partial charge in [-0.25, -0.2) is 0 Å². The van der Waals surface area contributed by atoms with Crippen molar-refractivity contribution in [1.82, 2.24) is 4.90 Å². The summed E-state index contributed by atoms with van der Waals surface area (Å²) in [5, 5.41) is 6.45. The topological polar surface area (TPSA) is 90.9 Å². The number of amides is 3. The molecule has 1 saturated heterocycles. The fourth-order valence-corrected chi connectivity index (χ4v) is 4.87. The number of anilines is 2. The van der Waals surface area contributed by atoms with E-state index in [0.717, 1.165) is 36.7 Å². The Morgan fingerprint density at radius 2 is 1.84 bits per heavy atom. The number of aliphatic imine (C=N–C) groups is 1. The zero-order chi connectivity index (χ0) is 22.7. The second-order valence-electron chi connectivity index (χ2n) is 7.73. The number of carbonyl (C=O) groups excluding carboxylic acids is 3. The number of amidine groups is 1. The van der Waals surface area contributed by atoms with Gasteiger partial charge in [0.15, 0.2) is 5.17 Å². The van der Waals surface area contributed by atoms with Crippen molar-refractivity contribution in [3.63, 3.8) is 0 Å². The van der Waals surface area contributed by atoms with Crippen molar-refractivity contribution >= 4 is 57.6 Å². The summed E-state index contributed by atoms with van der Waals surface area (Å²) in [5.41, 5.74) is 2.45. The molecule has 1 atom stereocenters. The third kappa shape index (κ3) is 5.14. The highest BCUT2D eigenvalue weighted by Crippen LogP contribution is 2.29. The highest BCUT2D eigenvalue weighted by molar-refractivity contribution is 8.15. The Labute approximate surface area is 195 Å². The average Bonchev–Trinajstić information content (AvgIpc) is 3.42. The van der Waals surface area contributed by atoms with Crippen LogP contribution in [0.5, 0.6) is 0 Å². The minimum absolute atomic E-state index is 0.0562. The fraction of sp³-hybridized carbons (Fsp3) is 0.304. The highest BCUT2D eigenvalue weighted by Gasteiger charge is 2.33. The molecule has 0 bridgehead atoms. The maximum absolute atomic E-state index is 12.5. The van der Waals surface area contributed by atoms with Gasteiger partial charge in [-0.05, 0) is 61.7 Å². The first-order valence-electron chi connectivity index (χ1n) is 10.4. The van der Waals surface area contributed by atoms with Crippen LogP contribution >= 0.6 is 23.4 Å². The zero-order valence-electron chi connectivity index (χ0n) is 17.6. The second kappa shape index (κ2) is 9.75. The largest absolute Gasteiger partial charge is 0.351 e. The summed E-state index contributed by atoms with van der Waals surface area (Å²) in [7, 11) is 0. The second-order valence-corrected chi connectivity index (χ2v) is 9.31. The average molecular weight is 471 g/mol. The molecule has 2 N–H and O–H groups in total. The summed E-state index contributed by atoms with van der Waals surface area (Å²) in [6.45, 7) is 3.66. The van der Waals surface area contributed by atoms with Gasteiger partial charge in [0.2, 0.25) is 5.91 Å². The van der Waals surface area contributed by atoms with Gasteiger partial charge >= 0.3 is 0 Å². The lowest BCUT2D eigenvalue weighted by molar-refractivity contribution is -0.121. The molecule has 0 saturated carbocycles. The van der Waals surface area contributed by atoms with E-state index < -0.39 is 5.25 Å². The Hall–Kier alpha value is -2.84. The van der Waals surface area contributed by atoms with Crippen LogP contribution in [-0.2, 0) is 9.59 Å². The van der Waals surface area contributed by atoms with Gasteiger partial charge < -0.3 is 15.5 Å². The molecule has 2 aliphatic heterocycles. The standard InChI is InChI=1S/C23H23ClN4O3S/c1-14-17(24)5-4-6-18(14)26-21(30)15-7-9-16(10-8-15)25-20(29)13-19-22(31)27-23(32-19)28-11-2-3-12-28/h4-10,19H,2-3,11-13H2,1H3,(H,25,29)(H,26,30). The minimum Gasteiger partial charge on any atom is -0.351 e. The molecule has 166 valence electrons. The van der Waals surface area contributed by atoms with E-state index in [1.54, 1.807) is 42.5 Å². The number of halogens is 1. The van der Waals surface area contributed by atoms with Crippen molar-refractivity contribution in [3.05, 3.63) is 58.6 Å². The van der Waals surface area contributed by atoms with E-state index in [0.29, 0.717) is 22.0 Å². The van der Waals surface area contributed by atoms with E-state index in [2.05, 4.69) is 20.5 Å². The van der Waals surface area contributed by atoms with Gasteiger partial charge in [-0.2, -0.15) is 4.99 Å². The quantitative estimate of drug-likeness (QED) is 0.679. The first kappa shape index (κ1) is 22.4. The molecule has 4 rings (SSSR count). The zero-order valence-corrected chi connectivity index (χ0v) is 19.1. The molecule has 32 heavy (non-hydrogen) atoms. The van der Waals surface area contributed by atoms with Gasteiger partial charge in [0.05, 0.1) is 0 Å². The van der Waals surface area contributed by atoms with Crippen LogP contribution in [0.4, 0.5) is 11.4 Å². The first-order chi connectivity index (χ1) is 15.4. The van der Waals surface area contributed by atoms with Gasteiger partial charge in [0, 0.05) is 41.5 Å². The van der Waals surface area contributed by atoms with E-state index in [1.165, 1.54) is 11.8 Å². The van der Waals surface area contributed by atoms with Crippen LogP contribution in [0.1, 0.15) is 35.2 Å². The maximum atomic E-state index is 12.5. The molecule has 9 heteroatoms. The Balaban J connectivity index is 1.30. The molecule has 1 fully saturated rings. The van der Waals surface area contributed by atoms with E-state index >= 15 is 0 Å². The van der Waals surface area contributed by atoms with E-state index in [-0.39, 0.29) is 24.1 Å². The Morgan fingerprint density at radius 1 is 1.12 bits per heavy atom. The summed E-state index contributed by atoms with van der Waals surface area (Å²) < 4.78 is 0. The molecular weight excluding hydrogens is 448 g/mol. The Bertz CT molecular complexity index is 1080. The summed E-state index contributed by atoms with van der Waals surface area (Å²) in [6.07, 6.45) is 2.26. The number of nitrogens with one attached hydrogen (secondary N) is 2. The summed E-state index contributed by atoms with van der Waals surface area (Å²) in [5.74, 6) is -0.788. The molecular formula is C23H23ClN4O3S. The minimum atomic E-state index is -0.489. The molecule has 0 spiro atoms. The molecule has 0 aliphatic carbocycles. The lowest BCUT2D eigenvalue weighted by Crippen LogP contribution is -2.25. The number of carbonyl (C=O) groups is 3. The van der Waals surface area contributed by atoms with Crippen molar-refractivity contribution in [2.24, 2.45) is 4.99 Å². The van der Waals surface area contributed by atoms with Crippen molar-refractivity contribution in [1.29, 1.82) is 0 Å². The van der Waals surface area contributed by atoms with Crippen LogP contribution in [0, 0.1) is 6.92 Å². The summed E-state index contributed by atoms with van der Waals surface area (Å²) in [4.78, 5) is 43.4. The van der Waals surface area contributed by atoms with Gasteiger partial charge in [-0.1, -0.05) is 29.4 Å². The number of thioether (sulfide) groups is 1. The normalized spacial score (nSPS) is 17.9. The number of rotatable bonds is 5. The number of likely N-dealkylation sites (tertiary alicyclic amines) is 1. The predicted octanol–water partition coefficient (Wildman–Crippen LogP) is 4.32. The SMILES string of the molecule is Cc1c(Cl)cccc1NC(=O)c1ccc(NC(=O)CC2SC(N3CCCC3)=NC2=O)cc1.